The summed E-state index contributed by atoms with van der Waals surface area (Å²) in [5.74, 6) is 0.634. The molecule has 0 aliphatic carbocycles. The number of nitrogens with zero attached hydrogens (tertiary/aromatic N) is 1. The minimum absolute atomic E-state index is 0.634. The maximum Gasteiger partial charge on any atom is 0.123 e. The maximum absolute atomic E-state index is 5.73. The Morgan fingerprint density at radius 2 is 1.94 bits per heavy atom. The Hall–Kier alpha value is -0.860. The Bertz CT molecular complexity index is 531. The second-order valence-electron chi connectivity index (χ2n) is 4.26. The molecule has 0 N–H and O–H groups in total. The summed E-state index contributed by atoms with van der Waals surface area (Å²) < 4.78 is 0. The van der Waals surface area contributed by atoms with E-state index in [0.29, 0.717) is 5.88 Å². The lowest BCUT2D eigenvalue weighted by molar-refractivity contribution is 1.07. The van der Waals surface area contributed by atoms with E-state index < -0.39 is 0 Å². The number of hydrogen-bond donors (Lipinski definition) is 0. The molecule has 0 amide bonds. The molecule has 1 nitrogen and oxygen atoms in total. The number of thiazole rings is 1. The molecule has 2 aromatic rings. The molecule has 0 unspecified atom stereocenters. The summed E-state index contributed by atoms with van der Waals surface area (Å²) in [6, 6.07) is 4.33. The average molecular weight is 266 g/mol. The average Bonchev–Trinajstić information content (AvgIpc) is 2.75. The van der Waals surface area contributed by atoms with Crippen molar-refractivity contribution in [3.05, 3.63) is 39.9 Å². The Morgan fingerprint density at radius 3 is 2.65 bits per heavy atom. The molecule has 2 rings (SSSR count). The van der Waals surface area contributed by atoms with Crippen LogP contribution in [0, 0.1) is 20.8 Å². The lowest BCUT2D eigenvalue weighted by Crippen LogP contribution is -1.91. The van der Waals surface area contributed by atoms with Crippen molar-refractivity contribution in [2.75, 3.05) is 5.88 Å². The zero-order valence-electron chi connectivity index (χ0n) is 10.4. The van der Waals surface area contributed by atoms with Gasteiger partial charge >= 0.3 is 0 Å². The summed E-state index contributed by atoms with van der Waals surface area (Å²) in [5, 5.41) is 3.21. The fraction of sp³-hybridized carbons (Fsp3) is 0.357. The highest BCUT2D eigenvalue weighted by atomic mass is 35.5. The molecule has 90 valence electrons. The first kappa shape index (κ1) is 12.6. The summed E-state index contributed by atoms with van der Waals surface area (Å²) in [7, 11) is 0. The number of halogens is 1. The third-order valence-corrected chi connectivity index (χ3v) is 4.30. The third-order valence-electron chi connectivity index (χ3n) is 3.19. The van der Waals surface area contributed by atoms with Crippen LogP contribution in [0.1, 0.15) is 22.4 Å². The summed E-state index contributed by atoms with van der Waals surface area (Å²) >= 11 is 7.43. The van der Waals surface area contributed by atoms with E-state index in [1.54, 1.807) is 11.3 Å². The Morgan fingerprint density at radius 1 is 1.18 bits per heavy atom. The van der Waals surface area contributed by atoms with Gasteiger partial charge in [0.15, 0.2) is 0 Å². The molecule has 3 heteroatoms. The van der Waals surface area contributed by atoms with E-state index in [-0.39, 0.29) is 0 Å². The first-order chi connectivity index (χ1) is 8.13. The molecule has 0 radical (unpaired) electrons. The Labute approximate surface area is 111 Å². The number of alkyl halides is 1. The van der Waals surface area contributed by atoms with Crippen LogP contribution in [0.15, 0.2) is 17.5 Å². The summed E-state index contributed by atoms with van der Waals surface area (Å²) in [6.07, 6.45) is 0.849. The van der Waals surface area contributed by atoms with Crippen molar-refractivity contribution in [3.8, 4) is 10.6 Å². The van der Waals surface area contributed by atoms with Gasteiger partial charge in [0.05, 0.1) is 5.69 Å². The monoisotopic (exact) mass is 265 g/mol. The maximum atomic E-state index is 5.73. The molecule has 1 heterocycles. The van der Waals surface area contributed by atoms with Crippen LogP contribution in [-0.4, -0.2) is 10.9 Å². The van der Waals surface area contributed by atoms with Gasteiger partial charge in [-0.3, -0.25) is 0 Å². The predicted octanol–water partition coefficient (Wildman–Crippen LogP) is 4.52. The molecule has 0 aliphatic rings. The van der Waals surface area contributed by atoms with Gasteiger partial charge in [0.25, 0.3) is 0 Å². The second kappa shape index (κ2) is 5.19. The quantitative estimate of drug-likeness (QED) is 0.744. The molecular formula is C14H16ClNS. The Balaban J connectivity index is 2.42. The first-order valence-electron chi connectivity index (χ1n) is 5.71. The normalized spacial score (nSPS) is 10.8. The number of benzene rings is 1. The van der Waals surface area contributed by atoms with Crippen molar-refractivity contribution >= 4 is 22.9 Å². The molecular weight excluding hydrogens is 250 g/mol. The van der Waals surface area contributed by atoms with Crippen LogP contribution in [-0.2, 0) is 6.42 Å². The minimum Gasteiger partial charge on any atom is -0.241 e. The van der Waals surface area contributed by atoms with Crippen molar-refractivity contribution in [2.45, 2.75) is 27.2 Å². The minimum atomic E-state index is 0.634. The van der Waals surface area contributed by atoms with Gasteiger partial charge < -0.3 is 0 Å². The van der Waals surface area contributed by atoms with Gasteiger partial charge in [-0.1, -0.05) is 12.1 Å². The zero-order chi connectivity index (χ0) is 12.4. The van der Waals surface area contributed by atoms with E-state index in [1.165, 1.54) is 22.3 Å². The molecule has 0 fully saturated rings. The van der Waals surface area contributed by atoms with Crippen LogP contribution in [0.4, 0.5) is 0 Å². The molecule has 0 saturated heterocycles. The van der Waals surface area contributed by atoms with Crippen LogP contribution in [0.5, 0.6) is 0 Å². The van der Waals surface area contributed by atoms with Crippen molar-refractivity contribution in [3.63, 3.8) is 0 Å². The molecule has 0 atom stereocenters. The second-order valence-corrected chi connectivity index (χ2v) is 5.50. The van der Waals surface area contributed by atoms with Gasteiger partial charge in [0, 0.05) is 23.2 Å². The summed E-state index contributed by atoms with van der Waals surface area (Å²) in [5.41, 5.74) is 6.37. The molecule has 0 aliphatic heterocycles. The van der Waals surface area contributed by atoms with Crippen LogP contribution >= 0.6 is 22.9 Å². The van der Waals surface area contributed by atoms with Gasteiger partial charge in [0.2, 0.25) is 0 Å². The number of aryl methyl sites for hydroxylation is 2. The van der Waals surface area contributed by atoms with E-state index in [2.05, 4.69) is 43.3 Å². The van der Waals surface area contributed by atoms with Crippen molar-refractivity contribution < 1.29 is 0 Å². The number of aromatic nitrogens is 1. The highest BCUT2D eigenvalue weighted by Gasteiger charge is 2.09. The van der Waals surface area contributed by atoms with Crippen LogP contribution in [0.3, 0.4) is 0 Å². The fourth-order valence-corrected chi connectivity index (χ4v) is 2.96. The van der Waals surface area contributed by atoms with Gasteiger partial charge in [0.1, 0.15) is 5.01 Å². The van der Waals surface area contributed by atoms with Crippen molar-refractivity contribution in [1.82, 2.24) is 4.98 Å². The lowest BCUT2D eigenvalue weighted by atomic mass is 9.99. The van der Waals surface area contributed by atoms with E-state index in [4.69, 9.17) is 11.6 Å². The fourth-order valence-electron chi connectivity index (χ4n) is 1.83. The van der Waals surface area contributed by atoms with Gasteiger partial charge in [-0.05, 0) is 37.5 Å². The number of hydrogen-bond acceptors (Lipinski definition) is 2. The Kier molecular flexibility index (Phi) is 3.85. The van der Waals surface area contributed by atoms with Crippen LogP contribution in [0.2, 0.25) is 0 Å². The highest BCUT2D eigenvalue weighted by Crippen LogP contribution is 2.29. The third kappa shape index (κ3) is 2.53. The van der Waals surface area contributed by atoms with Gasteiger partial charge in [-0.25, -0.2) is 4.98 Å². The van der Waals surface area contributed by atoms with E-state index in [0.717, 1.165) is 17.1 Å². The van der Waals surface area contributed by atoms with E-state index in [9.17, 15) is 0 Å². The molecule has 1 aromatic heterocycles. The first-order valence-corrected chi connectivity index (χ1v) is 7.12. The van der Waals surface area contributed by atoms with Crippen LogP contribution in [0.25, 0.3) is 10.6 Å². The smallest absolute Gasteiger partial charge is 0.123 e. The standard InChI is InChI=1S/C14H16ClNS/c1-9-4-5-13(11(3)10(9)2)14-16-12(6-7-15)8-17-14/h4-5,8H,6-7H2,1-3H3. The van der Waals surface area contributed by atoms with Crippen molar-refractivity contribution in [1.29, 1.82) is 0 Å². The molecule has 0 saturated carbocycles. The van der Waals surface area contributed by atoms with E-state index in [1.807, 2.05) is 0 Å². The summed E-state index contributed by atoms with van der Waals surface area (Å²) in [4.78, 5) is 4.64. The summed E-state index contributed by atoms with van der Waals surface area (Å²) in [6.45, 7) is 6.48. The SMILES string of the molecule is Cc1ccc(-c2nc(CCCl)cs2)c(C)c1C. The topological polar surface area (TPSA) is 12.9 Å². The largest absolute Gasteiger partial charge is 0.241 e. The molecule has 1 aromatic carbocycles. The van der Waals surface area contributed by atoms with Crippen molar-refractivity contribution in [2.24, 2.45) is 0 Å². The van der Waals surface area contributed by atoms with Crippen LogP contribution < -0.4 is 0 Å². The molecule has 0 bridgehead atoms. The zero-order valence-corrected chi connectivity index (χ0v) is 12.0. The molecule has 0 spiro atoms. The number of rotatable bonds is 3. The van der Waals surface area contributed by atoms with Gasteiger partial charge in [-0.15, -0.1) is 22.9 Å². The van der Waals surface area contributed by atoms with Gasteiger partial charge in [-0.2, -0.15) is 0 Å². The molecule has 17 heavy (non-hydrogen) atoms. The van der Waals surface area contributed by atoms with E-state index >= 15 is 0 Å². The predicted molar refractivity (Wildman–Crippen MR) is 76.2 cm³/mol. The lowest BCUT2D eigenvalue weighted by Gasteiger charge is -2.08. The highest BCUT2D eigenvalue weighted by molar-refractivity contribution is 7.13.